The SMILES string of the molecule is Cc1cc(CC=Nc2cccc(F)c2)c(C(=O)O)cc1C. The van der Waals surface area contributed by atoms with E-state index in [0.29, 0.717) is 17.7 Å². The zero-order valence-corrected chi connectivity index (χ0v) is 11.9. The molecule has 0 spiro atoms. The number of halogens is 1. The molecule has 3 nitrogen and oxygen atoms in total. The van der Waals surface area contributed by atoms with Crippen LogP contribution in [0.3, 0.4) is 0 Å². The van der Waals surface area contributed by atoms with E-state index in [2.05, 4.69) is 4.99 Å². The van der Waals surface area contributed by atoms with Gasteiger partial charge in [0.15, 0.2) is 0 Å². The van der Waals surface area contributed by atoms with Crippen molar-refractivity contribution < 1.29 is 14.3 Å². The molecule has 0 aliphatic rings. The standard InChI is InChI=1S/C17H16FNO2/c1-11-8-13(16(17(20)21)9-12(11)2)6-7-19-15-5-3-4-14(18)10-15/h3-5,7-10H,6H2,1-2H3,(H,20,21). The number of benzene rings is 2. The number of aromatic carboxylic acids is 1. The first-order valence-electron chi connectivity index (χ1n) is 6.59. The lowest BCUT2D eigenvalue weighted by Gasteiger charge is -2.08. The lowest BCUT2D eigenvalue weighted by molar-refractivity contribution is 0.0696. The fourth-order valence-corrected chi connectivity index (χ4v) is 2.05. The van der Waals surface area contributed by atoms with Crippen molar-refractivity contribution in [1.29, 1.82) is 0 Å². The summed E-state index contributed by atoms with van der Waals surface area (Å²) in [5.41, 5.74) is 3.47. The number of aryl methyl sites for hydroxylation is 2. The Morgan fingerprint density at radius 3 is 2.62 bits per heavy atom. The summed E-state index contributed by atoms with van der Waals surface area (Å²) < 4.78 is 13.0. The summed E-state index contributed by atoms with van der Waals surface area (Å²) in [6.07, 6.45) is 1.99. The second-order valence-electron chi connectivity index (χ2n) is 4.89. The quantitative estimate of drug-likeness (QED) is 0.860. The van der Waals surface area contributed by atoms with Gasteiger partial charge < -0.3 is 5.11 Å². The molecule has 0 aromatic heterocycles. The smallest absolute Gasteiger partial charge is 0.335 e. The zero-order chi connectivity index (χ0) is 15.4. The largest absolute Gasteiger partial charge is 0.478 e. The Kier molecular flexibility index (Phi) is 4.48. The minimum absolute atomic E-state index is 0.281. The number of hydrogen-bond donors (Lipinski definition) is 1. The second kappa shape index (κ2) is 6.31. The van der Waals surface area contributed by atoms with Crippen molar-refractivity contribution in [2.45, 2.75) is 20.3 Å². The van der Waals surface area contributed by atoms with Gasteiger partial charge in [0.2, 0.25) is 0 Å². The van der Waals surface area contributed by atoms with Gasteiger partial charge in [-0.25, -0.2) is 9.18 Å². The number of hydrogen-bond acceptors (Lipinski definition) is 2. The number of aliphatic imine (C=N–C) groups is 1. The van der Waals surface area contributed by atoms with Crippen molar-refractivity contribution in [3.8, 4) is 0 Å². The molecule has 0 atom stereocenters. The van der Waals surface area contributed by atoms with Gasteiger partial charge in [0.05, 0.1) is 11.3 Å². The summed E-state index contributed by atoms with van der Waals surface area (Å²) in [5, 5.41) is 9.24. The third-order valence-corrected chi connectivity index (χ3v) is 3.31. The molecular weight excluding hydrogens is 269 g/mol. The van der Waals surface area contributed by atoms with E-state index in [1.54, 1.807) is 24.4 Å². The average Bonchev–Trinajstić information content (AvgIpc) is 2.42. The van der Waals surface area contributed by atoms with Crippen LogP contribution in [0, 0.1) is 19.7 Å². The van der Waals surface area contributed by atoms with Crippen LogP contribution < -0.4 is 0 Å². The van der Waals surface area contributed by atoms with Crippen molar-refractivity contribution >= 4 is 17.9 Å². The van der Waals surface area contributed by atoms with Crippen LogP contribution in [0.1, 0.15) is 27.0 Å². The van der Waals surface area contributed by atoms with Crippen molar-refractivity contribution in [2.75, 3.05) is 0 Å². The third-order valence-electron chi connectivity index (χ3n) is 3.31. The van der Waals surface area contributed by atoms with E-state index >= 15 is 0 Å². The minimum atomic E-state index is -0.952. The van der Waals surface area contributed by atoms with Gasteiger partial charge in [0.25, 0.3) is 0 Å². The first-order chi connectivity index (χ1) is 9.97. The number of carboxylic acids is 1. The molecule has 0 amide bonds. The monoisotopic (exact) mass is 285 g/mol. The van der Waals surface area contributed by atoms with Gasteiger partial charge in [0, 0.05) is 12.6 Å². The molecule has 0 saturated carbocycles. The highest BCUT2D eigenvalue weighted by Gasteiger charge is 2.11. The summed E-state index contributed by atoms with van der Waals surface area (Å²) in [6, 6.07) is 9.48. The van der Waals surface area contributed by atoms with E-state index in [0.717, 1.165) is 11.1 Å². The maximum Gasteiger partial charge on any atom is 0.335 e. The molecule has 0 aliphatic carbocycles. The van der Waals surface area contributed by atoms with Gasteiger partial charge in [-0.1, -0.05) is 12.1 Å². The Labute approximate surface area is 122 Å². The molecule has 2 aromatic rings. The highest BCUT2D eigenvalue weighted by atomic mass is 19.1. The fraction of sp³-hybridized carbons (Fsp3) is 0.176. The molecule has 108 valence electrons. The minimum Gasteiger partial charge on any atom is -0.478 e. The molecule has 4 heteroatoms. The molecule has 2 aromatic carbocycles. The Morgan fingerprint density at radius 2 is 1.95 bits per heavy atom. The molecule has 0 radical (unpaired) electrons. The highest BCUT2D eigenvalue weighted by molar-refractivity contribution is 5.91. The van der Waals surface area contributed by atoms with Crippen molar-refractivity contribution in [2.24, 2.45) is 4.99 Å². The summed E-state index contributed by atoms with van der Waals surface area (Å²) in [7, 11) is 0. The molecule has 1 N–H and O–H groups in total. The summed E-state index contributed by atoms with van der Waals surface area (Å²) in [6.45, 7) is 3.82. The number of carbonyl (C=O) groups is 1. The van der Waals surface area contributed by atoms with Crippen LogP contribution in [0.15, 0.2) is 41.4 Å². The highest BCUT2D eigenvalue weighted by Crippen LogP contribution is 2.17. The number of rotatable bonds is 4. The lowest BCUT2D eigenvalue weighted by atomic mass is 9.98. The lowest BCUT2D eigenvalue weighted by Crippen LogP contribution is -2.04. The molecule has 0 fully saturated rings. The summed E-state index contributed by atoms with van der Waals surface area (Å²) in [4.78, 5) is 15.4. The van der Waals surface area contributed by atoms with E-state index in [9.17, 15) is 14.3 Å². The number of carboxylic acid groups (broad SMARTS) is 1. The zero-order valence-electron chi connectivity index (χ0n) is 11.9. The van der Waals surface area contributed by atoms with Crippen LogP contribution in [-0.2, 0) is 6.42 Å². The van der Waals surface area contributed by atoms with Gasteiger partial charge in [-0.3, -0.25) is 4.99 Å². The van der Waals surface area contributed by atoms with Crippen LogP contribution in [0.4, 0.5) is 10.1 Å². The van der Waals surface area contributed by atoms with Gasteiger partial charge in [0.1, 0.15) is 5.82 Å². The fourth-order valence-electron chi connectivity index (χ4n) is 2.05. The normalized spacial score (nSPS) is 11.0. The predicted molar refractivity (Wildman–Crippen MR) is 81.1 cm³/mol. The van der Waals surface area contributed by atoms with E-state index < -0.39 is 5.97 Å². The van der Waals surface area contributed by atoms with Gasteiger partial charge in [-0.15, -0.1) is 0 Å². The first-order valence-corrected chi connectivity index (χ1v) is 6.59. The summed E-state index contributed by atoms with van der Waals surface area (Å²) in [5.74, 6) is -1.30. The molecule has 0 aliphatic heterocycles. The van der Waals surface area contributed by atoms with E-state index in [4.69, 9.17) is 0 Å². The summed E-state index contributed by atoms with van der Waals surface area (Å²) >= 11 is 0. The van der Waals surface area contributed by atoms with Crippen molar-refractivity contribution in [1.82, 2.24) is 0 Å². The van der Waals surface area contributed by atoms with Gasteiger partial charge >= 0.3 is 5.97 Å². The molecule has 0 unspecified atom stereocenters. The third kappa shape index (κ3) is 3.75. The van der Waals surface area contributed by atoms with E-state index in [1.165, 1.54) is 12.1 Å². The van der Waals surface area contributed by atoms with Crippen LogP contribution in [0.5, 0.6) is 0 Å². The van der Waals surface area contributed by atoms with Crippen molar-refractivity contribution in [3.63, 3.8) is 0 Å². The molecular formula is C17H16FNO2. The maximum absolute atomic E-state index is 13.0. The Morgan fingerprint density at radius 1 is 1.24 bits per heavy atom. The maximum atomic E-state index is 13.0. The molecule has 0 saturated heterocycles. The molecule has 0 heterocycles. The molecule has 0 bridgehead atoms. The Balaban J connectivity index is 2.23. The second-order valence-corrected chi connectivity index (χ2v) is 4.89. The van der Waals surface area contributed by atoms with Crippen LogP contribution in [-0.4, -0.2) is 17.3 Å². The predicted octanol–water partition coefficient (Wildman–Crippen LogP) is 4.09. The average molecular weight is 285 g/mol. The van der Waals surface area contributed by atoms with Crippen LogP contribution in [0.2, 0.25) is 0 Å². The Hall–Kier alpha value is -2.49. The molecule has 21 heavy (non-hydrogen) atoms. The van der Waals surface area contributed by atoms with Crippen LogP contribution >= 0.6 is 0 Å². The van der Waals surface area contributed by atoms with Gasteiger partial charge in [-0.2, -0.15) is 0 Å². The topological polar surface area (TPSA) is 49.7 Å². The Bertz CT molecular complexity index is 708. The van der Waals surface area contributed by atoms with Crippen LogP contribution in [0.25, 0.3) is 0 Å². The molecule has 2 rings (SSSR count). The number of nitrogens with zero attached hydrogens (tertiary/aromatic N) is 1. The van der Waals surface area contributed by atoms with Gasteiger partial charge in [-0.05, 0) is 54.8 Å². The van der Waals surface area contributed by atoms with E-state index in [1.807, 2.05) is 19.9 Å². The van der Waals surface area contributed by atoms with E-state index in [-0.39, 0.29) is 11.4 Å². The first kappa shape index (κ1) is 14.9. The van der Waals surface area contributed by atoms with Crippen molar-refractivity contribution in [3.05, 3.63) is 64.5 Å².